The molecule has 0 unspecified atom stereocenters. The van der Waals surface area contributed by atoms with E-state index in [1.165, 1.54) is 6.20 Å². The first-order valence-corrected chi connectivity index (χ1v) is 5.85. The molecule has 0 bridgehead atoms. The predicted octanol–water partition coefficient (Wildman–Crippen LogP) is 0.651. The number of aromatic nitrogens is 1. The molecule has 92 valence electrons. The minimum absolute atomic E-state index is 0.0167. The van der Waals surface area contributed by atoms with Crippen molar-refractivity contribution in [2.24, 2.45) is 0 Å². The van der Waals surface area contributed by atoms with Crippen LogP contribution in [0.3, 0.4) is 0 Å². The number of amides is 1. The minimum Gasteiger partial charge on any atom is -0.397 e. The molecule has 1 amide bonds. The summed E-state index contributed by atoms with van der Waals surface area (Å²) < 4.78 is 0. The lowest BCUT2D eigenvalue weighted by Crippen LogP contribution is -2.45. The smallest absolute Gasteiger partial charge is 0.272 e. The first kappa shape index (κ1) is 11.9. The monoisotopic (exact) mass is 235 g/mol. The number of hydrogen-bond donors (Lipinski definition) is 2. The fourth-order valence-electron chi connectivity index (χ4n) is 1.93. The summed E-state index contributed by atoms with van der Waals surface area (Å²) in [7, 11) is 0. The molecule has 3 N–H and O–H groups in total. The highest BCUT2D eigenvalue weighted by Crippen LogP contribution is 2.25. The summed E-state index contributed by atoms with van der Waals surface area (Å²) in [5.74, 6) is -0.122. The highest BCUT2D eigenvalue weighted by molar-refractivity contribution is 5.92. The van der Waals surface area contributed by atoms with Gasteiger partial charge in [-0.3, -0.25) is 4.79 Å². The van der Waals surface area contributed by atoms with Crippen molar-refractivity contribution >= 4 is 11.6 Å². The lowest BCUT2D eigenvalue weighted by molar-refractivity contribution is 0.0520. The zero-order valence-electron chi connectivity index (χ0n) is 9.67. The standard InChI is InChI=1S/C12H17N3O2/c13-9-4-5-11(14-8-9)12(17)15(6-7-16)10-2-1-3-10/h4-5,8,10,16H,1-3,6-7,13H2. The SMILES string of the molecule is Nc1ccc(C(=O)N(CCO)C2CCC2)nc1. The molecule has 0 spiro atoms. The average Bonchev–Trinajstić information content (AvgIpc) is 2.26. The highest BCUT2D eigenvalue weighted by Gasteiger charge is 2.29. The first-order chi connectivity index (χ1) is 8.22. The van der Waals surface area contributed by atoms with Crippen LogP contribution in [0.15, 0.2) is 18.3 Å². The predicted molar refractivity (Wildman–Crippen MR) is 64.4 cm³/mol. The van der Waals surface area contributed by atoms with E-state index in [-0.39, 0.29) is 18.6 Å². The van der Waals surface area contributed by atoms with Gasteiger partial charge < -0.3 is 15.7 Å². The maximum atomic E-state index is 12.2. The topological polar surface area (TPSA) is 79.5 Å². The van der Waals surface area contributed by atoms with Crippen LogP contribution in [0.2, 0.25) is 0 Å². The summed E-state index contributed by atoms with van der Waals surface area (Å²) in [4.78, 5) is 17.9. The molecule has 2 rings (SSSR count). The minimum atomic E-state index is -0.122. The molecule has 1 saturated carbocycles. The molecule has 0 aliphatic heterocycles. The largest absolute Gasteiger partial charge is 0.397 e. The molecule has 5 nitrogen and oxygen atoms in total. The van der Waals surface area contributed by atoms with Crippen molar-refractivity contribution < 1.29 is 9.90 Å². The van der Waals surface area contributed by atoms with E-state index in [1.807, 2.05) is 0 Å². The van der Waals surface area contributed by atoms with Crippen molar-refractivity contribution in [2.75, 3.05) is 18.9 Å². The van der Waals surface area contributed by atoms with Gasteiger partial charge >= 0.3 is 0 Å². The number of pyridine rings is 1. The van der Waals surface area contributed by atoms with Crippen LogP contribution < -0.4 is 5.73 Å². The van der Waals surface area contributed by atoms with Gasteiger partial charge in [0.05, 0.1) is 18.5 Å². The van der Waals surface area contributed by atoms with Crippen LogP contribution in [0.25, 0.3) is 0 Å². The quantitative estimate of drug-likeness (QED) is 0.803. The Balaban J connectivity index is 2.12. The summed E-state index contributed by atoms with van der Waals surface area (Å²) in [6.07, 6.45) is 4.65. The van der Waals surface area contributed by atoms with Gasteiger partial charge in [0, 0.05) is 12.6 Å². The second-order valence-corrected chi connectivity index (χ2v) is 4.28. The number of anilines is 1. The third kappa shape index (κ3) is 2.55. The van der Waals surface area contributed by atoms with Gasteiger partial charge in [-0.2, -0.15) is 0 Å². The van der Waals surface area contributed by atoms with E-state index in [2.05, 4.69) is 4.98 Å². The molecular weight excluding hydrogens is 218 g/mol. The number of carbonyl (C=O) groups excluding carboxylic acids is 1. The zero-order valence-corrected chi connectivity index (χ0v) is 9.67. The summed E-state index contributed by atoms with van der Waals surface area (Å²) >= 11 is 0. The van der Waals surface area contributed by atoms with E-state index in [9.17, 15) is 4.79 Å². The number of hydrogen-bond acceptors (Lipinski definition) is 4. The van der Waals surface area contributed by atoms with Crippen molar-refractivity contribution in [1.82, 2.24) is 9.88 Å². The molecule has 1 fully saturated rings. The van der Waals surface area contributed by atoms with Crippen molar-refractivity contribution in [2.45, 2.75) is 25.3 Å². The lowest BCUT2D eigenvalue weighted by Gasteiger charge is -2.37. The van der Waals surface area contributed by atoms with Gasteiger partial charge in [0.15, 0.2) is 0 Å². The van der Waals surface area contributed by atoms with E-state index in [0.29, 0.717) is 17.9 Å². The van der Waals surface area contributed by atoms with E-state index >= 15 is 0 Å². The van der Waals surface area contributed by atoms with Crippen LogP contribution in [-0.2, 0) is 0 Å². The van der Waals surface area contributed by atoms with Crippen LogP contribution in [-0.4, -0.2) is 40.1 Å². The molecule has 1 heterocycles. The molecular formula is C12H17N3O2. The number of nitrogens with zero attached hydrogens (tertiary/aromatic N) is 2. The van der Waals surface area contributed by atoms with Crippen LogP contribution in [0.1, 0.15) is 29.8 Å². The fourth-order valence-corrected chi connectivity index (χ4v) is 1.93. The third-order valence-electron chi connectivity index (χ3n) is 3.12. The molecule has 0 saturated heterocycles. The maximum Gasteiger partial charge on any atom is 0.272 e. The Labute approximate surface area is 100 Å². The summed E-state index contributed by atoms with van der Waals surface area (Å²) in [5.41, 5.74) is 6.46. The number of aliphatic hydroxyl groups is 1. The van der Waals surface area contributed by atoms with Crippen molar-refractivity contribution in [3.05, 3.63) is 24.0 Å². The third-order valence-corrected chi connectivity index (χ3v) is 3.12. The number of aliphatic hydroxyl groups excluding tert-OH is 1. The number of nitrogens with two attached hydrogens (primary N) is 1. The van der Waals surface area contributed by atoms with E-state index in [4.69, 9.17) is 10.8 Å². The molecule has 0 radical (unpaired) electrons. The maximum absolute atomic E-state index is 12.2. The summed E-state index contributed by atoms with van der Waals surface area (Å²) in [5, 5.41) is 9.01. The van der Waals surface area contributed by atoms with Crippen LogP contribution in [0.4, 0.5) is 5.69 Å². The number of carbonyl (C=O) groups is 1. The lowest BCUT2D eigenvalue weighted by atomic mass is 9.91. The van der Waals surface area contributed by atoms with Crippen LogP contribution in [0, 0.1) is 0 Å². The van der Waals surface area contributed by atoms with Gasteiger partial charge in [0.2, 0.25) is 0 Å². The Bertz CT molecular complexity index is 387. The summed E-state index contributed by atoms with van der Waals surface area (Å²) in [6, 6.07) is 3.55. The van der Waals surface area contributed by atoms with Gasteiger partial charge in [-0.25, -0.2) is 4.98 Å². The Morgan fingerprint density at radius 2 is 2.29 bits per heavy atom. The molecule has 1 aliphatic carbocycles. The zero-order chi connectivity index (χ0) is 12.3. The normalized spacial score (nSPS) is 15.4. The Kier molecular flexibility index (Phi) is 3.58. The van der Waals surface area contributed by atoms with Gasteiger partial charge in [0.25, 0.3) is 5.91 Å². The first-order valence-electron chi connectivity index (χ1n) is 5.85. The van der Waals surface area contributed by atoms with Crippen molar-refractivity contribution in [3.8, 4) is 0 Å². The van der Waals surface area contributed by atoms with E-state index in [0.717, 1.165) is 19.3 Å². The molecule has 5 heteroatoms. The molecule has 0 atom stereocenters. The van der Waals surface area contributed by atoms with Crippen molar-refractivity contribution in [3.63, 3.8) is 0 Å². The summed E-state index contributed by atoms with van der Waals surface area (Å²) in [6.45, 7) is 0.354. The van der Waals surface area contributed by atoms with Crippen LogP contribution in [0.5, 0.6) is 0 Å². The molecule has 1 aliphatic rings. The molecule has 0 aromatic carbocycles. The second kappa shape index (κ2) is 5.14. The Hall–Kier alpha value is -1.62. The van der Waals surface area contributed by atoms with Gasteiger partial charge in [-0.05, 0) is 31.4 Å². The van der Waals surface area contributed by atoms with Crippen molar-refractivity contribution in [1.29, 1.82) is 0 Å². The van der Waals surface area contributed by atoms with Gasteiger partial charge in [-0.15, -0.1) is 0 Å². The Morgan fingerprint density at radius 1 is 1.53 bits per heavy atom. The van der Waals surface area contributed by atoms with E-state index in [1.54, 1.807) is 17.0 Å². The second-order valence-electron chi connectivity index (χ2n) is 4.28. The van der Waals surface area contributed by atoms with Gasteiger partial charge in [-0.1, -0.05) is 0 Å². The molecule has 1 aromatic rings. The molecule has 17 heavy (non-hydrogen) atoms. The number of rotatable bonds is 4. The fraction of sp³-hybridized carbons (Fsp3) is 0.500. The number of nitrogen functional groups attached to an aromatic ring is 1. The van der Waals surface area contributed by atoms with Crippen LogP contribution >= 0.6 is 0 Å². The Morgan fingerprint density at radius 3 is 2.76 bits per heavy atom. The van der Waals surface area contributed by atoms with Gasteiger partial charge in [0.1, 0.15) is 5.69 Å². The highest BCUT2D eigenvalue weighted by atomic mass is 16.3. The average molecular weight is 235 g/mol. The molecule has 1 aromatic heterocycles. The van der Waals surface area contributed by atoms with E-state index < -0.39 is 0 Å².